The van der Waals surface area contributed by atoms with E-state index in [1.807, 2.05) is 13.1 Å². The summed E-state index contributed by atoms with van der Waals surface area (Å²) in [5, 5.41) is 11.3. The minimum atomic E-state index is -0.417. The largest absolute Gasteiger partial charge is 0.480 e. The van der Waals surface area contributed by atoms with E-state index in [4.69, 9.17) is 16.3 Å². The second-order valence-corrected chi connectivity index (χ2v) is 4.64. The maximum Gasteiger partial charge on any atom is 0.233 e. The van der Waals surface area contributed by atoms with Crippen LogP contribution in [0.15, 0.2) is 30.3 Å². The van der Waals surface area contributed by atoms with Gasteiger partial charge in [0.05, 0.1) is 23.9 Å². The molecule has 0 fully saturated rings. The lowest BCUT2D eigenvalue weighted by atomic mass is 10.0. The van der Waals surface area contributed by atoms with Crippen molar-refractivity contribution in [2.24, 2.45) is 0 Å². The van der Waals surface area contributed by atoms with E-state index in [0.29, 0.717) is 12.3 Å². The quantitative estimate of drug-likeness (QED) is 0.921. The Balaban J connectivity index is 2.21. The smallest absolute Gasteiger partial charge is 0.233 e. The van der Waals surface area contributed by atoms with Gasteiger partial charge in [-0.15, -0.1) is 5.10 Å². The first-order valence-corrected chi connectivity index (χ1v) is 6.51. The van der Waals surface area contributed by atoms with E-state index in [1.54, 1.807) is 18.2 Å². The van der Waals surface area contributed by atoms with Crippen molar-refractivity contribution in [1.29, 1.82) is 0 Å². The number of benzene rings is 1. The van der Waals surface area contributed by atoms with Gasteiger partial charge in [-0.2, -0.15) is 5.10 Å². The summed E-state index contributed by atoms with van der Waals surface area (Å²) in [7, 11) is 3.34. The predicted octanol–water partition coefficient (Wildman–Crippen LogP) is 2.78. The number of nitrogens with zero attached hydrogens (tertiary/aromatic N) is 2. The van der Waals surface area contributed by atoms with Crippen LogP contribution in [-0.4, -0.2) is 24.4 Å². The third-order valence-electron chi connectivity index (χ3n) is 3.03. The lowest BCUT2D eigenvalue weighted by molar-refractivity contribution is 0.389. The number of methoxy groups -OCH3 is 1. The Kier molecular flexibility index (Phi) is 4.87. The van der Waals surface area contributed by atoms with Gasteiger partial charge in [0.1, 0.15) is 5.82 Å². The molecule has 1 atom stereocenters. The van der Waals surface area contributed by atoms with Gasteiger partial charge in [-0.25, -0.2) is 4.39 Å². The van der Waals surface area contributed by atoms with Crippen LogP contribution in [0.2, 0.25) is 5.02 Å². The van der Waals surface area contributed by atoms with Gasteiger partial charge < -0.3 is 10.1 Å². The molecule has 1 aromatic heterocycles. The Morgan fingerprint density at radius 3 is 2.70 bits per heavy atom. The molecule has 1 aromatic carbocycles. The van der Waals surface area contributed by atoms with E-state index < -0.39 is 5.82 Å². The normalized spacial score (nSPS) is 12.2. The van der Waals surface area contributed by atoms with Crippen LogP contribution in [0.5, 0.6) is 5.88 Å². The second-order valence-electron chi connectivity index (χ2n) is 4.26. The van der Waals surface area contributed by atoms with Crippen molar-refractivity contribution >= 4 is 11.6 Å². The molecule has 20 heavy (non-hydrogen) atoms. The second kappa shape index (κ2) is 6.63. The summed E-state index contributed by atoms with van der Waals surface area (Å²) in [6, 6.07) is 8.23. The minimum absolute atomic E-state index is 0.104. The predicted molar refractivity (Wildman–Crippen MR) is 75.5 cm³/mol. The summed E-state index contributed by atoms with van der Waals surface area (Å²) in [5.74, 6) is 0.0345. The summed E-state index contributed by atoms with van der Waals surface area (Å²) < 4.78 is 18.4. The molecule has 4 nitrogen and oxygen atoms in total. The van der Waals surface area contributed by atoms with Crippen LogP contribution in [0.1, 0.15) is 17.3 Å². The van der Waals surface area contributed by atoms with Crippen LogP contribution >= 0.6 is 11.6 Å². The zero-order valence-corrected chi connectivity index (χ0v) is 12.0. The summed E-state index contributed by atoms with van der Waals surface area (Å²) in [6.07, 6.45) is 0.522. The van der Waals surface area contributed by atoms with E-state index in [-0.39, 0.29) is 11.1 Å². The van der Waals surface area contributed by atoms with Gasteiger partial charge >= 0.3 is 0 Å². The molecule has 0 bridgehead atoms. The summed E-state index contributed by atoms with van der Waals surface area (Å²) >= 11 is 5.97. The molecule has 0 aliphatic carbocycles. The molecular weight excluding hydrogens is 281 g/mol. The highest BCUT2D eigenvalue weighted by atomic mass is 35.5. The highest BCUT2D eigenvalue weighted by molar-refractivity contribution is 6.31. The molecule has 6 heteroatoms. The van der Waals surface area contributed by atoms with Gasteiger partial charge in [-0.1, -0.05) is 23.7 Å². The Morgan fingerprint density at radius 1 is 1.30 bits per heavy atom. The SMILES string of the molecule is CNC(Cc1cccc(F)c1Cl)c1ccc(OC)nn1. The van der Waals surface area contributed by atoms with E-state index in [9.17, 15) is 4.39 Å². The van der Waals surface area contributed by atoms with Crippen LogP contribution in [-0.2, 0) is 6.42 Å². The van der Waals surface area contributed by atoms with Crippen molar-refractivity contribution < 1.29 is 9.13 Å². The lowest BCUT2D eigenvalue weighted by Crippen LogP contribution is -2.20. The van der Waals surface area contributed by atoms with Crippen LogP contribution in [0.4, 0.5) is 4.39 Å². The maximum atomic E-state index is 13.4. The van der Waals surface area contributed by atoms with Gasteiger partial charge in [-0.3, -0.25) is 0 Å². The highest BCUT2D eigenvalue weighted by Gasteiger charge is 2.15. The maximum absolute atomic E-state index is 13.4. The molecule has 0 amide bonds. The molecule has 0 aliphatic heterocycles. The molecule has 1 unspecified atom stereocenters. The number of halogens is 2. The number of likely N-dealkylation sites (N-methyl/N-ethyl adjacent to an activating group) is 1. The fourth-order valence-corrected chi connectivity index (χ4v) is 2.11. The Morgan fingerprint density at radius 2 is 2.10 bits per heavy atom. The van der Waals surface area contributed by atoms with Crippen molar-refractivity contribution in [2.45, 2.75) is 12.5 Å². The Bertz CT molecular complexity index is 577. The topological polar surface area (TPSA) is 47.0 Å². The minimum Gasteiger partial charge on any atom is -0.480 e. The molecule has 0 radical (unpaired) electrons. The number of aromatic nitrogens is 2. The van der Waals surface area contributed by atoms with Crippen LogP contribution in [0.25, 0.3) is 0 Å². The third kappa shape index (κ3) is 3.23. The zero-order valence-electron chi connectivity index (χ0n) is 11.2. The van der Waals surface area contributed by atoms with Crippen LogP contribution in [0, 0.1) is 5.82 Å². The molecule has 0 saturated carbocycles. The molecule has 0 spiro atoms. The lowest BCUT2D eigenvalue weighted by Gasteiger charge is -2.16. The van der Waals surface area contributed by atoms with Gasteiger partial charge in [0.2, 0.25) is 5.88 Å². The van der Waals surface area contributed by atoms with E-state index in [1.165, 1.54) is 13.2 Å². The van der Waals surface area contributed by atoms with E-state index in [0.717, 1.165) is 11.3 Å². The van der Waals surface area contributed by atoms with Crippen molar-refractivity contribution in [3.63, 3.8) is 0 Å². The number of hydrogen-bond acceptors (Lipinski definition) is 4. The van der Waals surface area contributed by atoms with Gasteiger partial charge in [0, 0.05) is 6.07 Å². The van der Waals surface area contributed by atoms with Crippen molar-refractivity contribution in [3.05, 3.63) is 52.4 Å². The average molecular weight is 296 g/mol. The van der Waals surface area contributed by atoms with E-state index >= 15 is 0 Å². The number of rotatable bonds is 5. The number of ether oxygens (including phenoxy) is 1. The summed E-state index contributed by atoms with van der Waals surface area (Å²) in [5.41, 5.74) is 1.47. The monoisotopic (exact) mass is 295 g/mol. The fourth-order valence-electron chi connectivity index (χ4n) is 1.91. The van der Waals surface area contributed by atoms with Gasteiger partial charge in [-0.05, 0) is 31.2 Å². The first-order chi connectivity index (χ1) is 9.65. The van der Waals surface area contributed by atoms with Crippen LogP contribution in [0.3, 0.4) is 0 Å². The summed E-state index contributed by atoms with van der Waals surface area (Å²) in [6.45, 7) is 0. The molecule has 1 N–H and O–H groups in total. The van der Waals surface area contributed by atoms with Gasteiger partial charge in [0.15, 0.2) is 0 Å². The van der Waals surface area contributed by atoms with Crippen molar-refractivity contribution in [2.75, 3.05) is 14.2 Å². The molecule has 0 aliphatic rings. The molecule has 2 rings (SSSR count). The highest BCUT2D eigenvalue weighted by Crippen LogP contribution is 2.25. The van der Waals surface area contributed by atoms with Gasteiger partial charge in [0.25, 0.3) is 0 Å². The Labute approximate surface area is 121 Å². The van der Waals surface area contributed by atoms with Crippen LogP contribution < -0.4 is 10.1 Å². The third-order valence-corrected chi connectivity index (χ3v) is 3.45. The molecule has 1 heterocycles. The first-order valence-electron chi connectivity index (χ1n) is 6.13. The zero-order chi connectivity index (χ0) is 14.5. The van der Waals surface area contributed by atoms with E-state index in [2.05, 4.69) is 15.5 Å². The number of nitrogens with one attached hydrogen (secondary N) is 1. The van der Waals surface area contributed by atoms with Crippen molar-refractivity contribution in [1.82, 2.24) is 15.5 Å². The standard InChI is InChI=1S/C14H15ClFN3O/c1-17-12(11-6-7-13(20-2)19-18-11)8-9-4-3-5-10(16)14(9)15/h3-7,12,17H,8H2,1-2H3. The Hall–Kier alpha value is -1.72. The molecule has 106 valence electrons. The first kappa shape index (κ1) is 14.7. The average Bonchev–Trinajstić information content (AvgIpc) is 2.49. The fraction of sp³-hybridized carbons (Fsp3) is 0.286. The molecular formula is C14H15ClFN3O. The number of hydrogen-bond donors (Lipinski definition) is 1. The van der Waals surface area contributed by atoms with Crippen molar-refractivity contribution in [3.8, 4) is 5.88 Å². The molecule has 0 saturated heterocycles. The summed E-state index contributed by atoms with van der Waals surface area (Å²) in [4.78, 5) is 0. The molecule has 2 aromatic rings.